The van der Waals surface area contributed by atoms with Gasteiger partial charge in [0.25, 0.3) is 0 Å². The summed E-state index contributed by atoms with van der Waals surface area (Å²) in [6.07, 6.45) is 4.32. The number of carbonyl (C=O) groups is 1. The van der Waals surface area contributed by atoms with Crippen LogP contribution in [0.15, 0.2) is 0 Å². The fourth-order valence-corrected chi connectivity index (χ4v) is 4.48. The van der Waals surface area contributed by atoms with E-state index in [0.29, 0.717) is 10.8 Å². The van der Waals surface area contributed by atoms with Crippen molar-refractivity contribution in [3.05, 3.63) is 0 Å². The van der Waals surface area contributed by atoms with Crippen molar-refractivity contribution in [2.24, 2.45) is 22.2 Å². The Hall–Kier alpha value is -0.530. The molecule has 2 saturated carbocycles. The molecule has 86 valence electrons. The van der Waals surface area contributed by atoms with Gasteiger partial charge >= 0.3 is 5.97 Å². The molecule has 2 aliphatic carbocycles. The van der Waals surface area contributed by atoms with Crippen LogP contribution in [0.1, 0.15) is 53.4 Å². The van der Waals surface area contributed by atoms with Gasteiger partial charge in [-0.05, 0) is 41.9 Å². The highest BCUT2D eigenvalue weighted by Gasteiger charge is 2.63. The zero-order valence-corrected chi connectivity index (χ0v) is 10.3. The van der Waals surface area contributed by atoms with Crippen LogP contribution in [0.5, 0.6) is 0 Å². The average molecular weight is 210 g/mol. The van der Waals surface area contributed by atoms with E-state index in [1.54, 1.807) is 0 Å². The molecule has 1 N–H and O–H groups in total. The molecule has 0 aromatic heterocycles. The third-order valence-corrected chi connectivity index (χ3v) is 4.11. The van der Waals surface area contributed by atoms with Gasteiger partial charge in [0.05, 0.1) is 5.92 Å². The molecule has 0 amide bonds. The minimum Gasteiger partial charge on any atom is -0.481 e. The standard InChI is InChI=1S/C13H22O2/c1-11(2)6-12(3,4)8-13(7-11)5-9(13)10(14)15/h9H,5-8H2,1-4H3,(H,14,15). The Labute approximate surface area is 92.1 Å². The number of carboxylic acids is 1. The van der Waals surface area contributed by atoms with Crippen molar-refractivity contribution in [2.75, 3.05) is 0 Å². The Morgan fingerprint density at radius 1 is 1.07 bits per heavy atom. The van der Waals surface area contributed by atoms with Crippen LogP contribution >= 0.6 is 0 Å². The molecule has 0 saturated heterocycles. The van der Waals surface area contributed by atoms with Gasteiger partial charge in [0, 0.05) is 0 Å². The molecule has 0 aromatic carbocycles. The van der Waals surface area contributed by atoms with Gasteiger partial charge in [-0.15, -0.1) is 0 Å². The third kappa shape index (κ3) is 1.91. The van der Waals surface area contributed by atoms with E-state index < -0.39 is 5.97 Å². The molecule has 2 rings (SSSR count). The average Bonchev–Trinajstić information content (AvgIpc) is 2.54. The maximum absolute atomic E-state index is 11.1. The lowest BCUT2D eigenvalue weighted by molar-refractivity contribution is -0.140. The Balaban J connectivity index is 2.19. The molecular formula is C13H22O2. The van der Waals surface area contributed by atoms with E-state index in [-0.39, 0.29) is 11.3 Å². The van der Waals surface area contributed by atoms with Gasteiger partial charge in [0.15, 0.2) is 0 Å². The number of hydrogen-bond acceptors (Lipinski definition) is 1. The number of carboxylic acid groups (broad SMARTS) is 1. The van der Waals surface area contributed by atoms with E-state index >= 15 is 0 Å². The second kappa shape index (κ2) is 2.78. The van der Waals surface area contributed by atoms with Crippen molar-refractivity contribution in [2.45, 2.75) is 53.4 Å². The molecule has 2 fully saturated rings. The predicted molar refractivity (Wildman–Crippen MR) is 59.6 cm³/mol. The highest BCUT2D eigenvalue weighted by molar-refractivity contribution is 5.74. The Bertz CT molecular complexity index is 286. The third-order valence-electron chi connectivity index (χ3n) is 4.11. The summed E-state index contributed by atoms with van der Waals surface area (Å²) in [4.78, 5) is 11.1. The summed E-state index contributed by atoms with van der Waals surface area (Å²) in [6, 6.07) is 0. The maximum atomic E-state index is 11.1. The molecule has 15 heavy (non-hydrogen) atoms. The van der Waals surface area contributed by atoms with Gasteiger partial charge in [-0.25, -0.2) is 0 Å². The van der Waals surface area contributed by atoms with Crippen LogP contribution in [-0.4, -0.2) is 11.1 Å². The zero-order chi connectivity index (χ0) is 11.5. The molecule has 0 aromatic rings. The van der Waals surface area contributed by atoms with E-state index in [4.69, 9.17) is 5.11 Å². The summed E-state index contributed by atoms with van der Waals surface area (Å²) in [5.74, 6) is -0.639. The molecule has 0 bridgehead atoms. The zero-order valence-electron chi connectivity index (χ0n) is 10.3. The van der Waals surface area contributed by atoms with Crippen LogP contribution in [0.3, 0.4) is 0 Å². The van der Waals surface area contributed by atoms with Crippen molar-refractivity contribution in [3.8, 4) is 0 Å². The van der Waals surface area contributed by atoms with Gasteiger partial charge < -0.3 is 5.11 Å². The monoisotopic (exact) mass is 210 g/mol. The molecule has 2 nitrogen and oxygen atoms in total. The first kappa shape index (κ1) is 11.0. The lowest BCUT2D eigenvalue weighted by Crippen LogP contribution is -2.36. The predicted octanol–water partition coefficient (Wildman–Crippen LogP) is 3.31. The summed E-state index contributed by atoms with van der Waals surface area (Å²) in [7, 11) is 0. The van der Waals surface area contributed by atoms with E-state index in [1.165, 1.54) is 6.42 Å². The molecule has 0 heterocycles. The van der Waals surface area contributed by atoms with Crippen LogP contribution in [0.4, 0.5) is 0 Å². The molecular weight excluding hydrogens is 188 g/mol. The number of aliphatic carboxylic acids is 1. The fraction of sp³-hybridized carbons (Fsp3) is 0.923. The van der Waals surface area contributed by atoms with Crippen molar-refractivity contribution in [1.82, 2.24) is 0 Å². The van der Waals surface area contributed by atoms with Crippen molar-refractivity contribution in [3.63, 3.8) is 0 Å². The summed E-state index contributed by atoms with van der Waals surface area (Å²) in [5, 5.41) is 9.11. The van der Waals surface area contributed by atoms with Crippen LogP contribution < -0.4 is 0 Å². The highest BCUT2D eigenvalue weighted by atomic mass is 16.4. The molecule has 1 spiro atoms. The quantitative estimate of drug-likeness (QED) is 0.721. The normalized spacial score (nSPS) is 35.1. The Morgan fingerprint density at radius 3 is 1.87 bits per heavy atom. The molecule has 0 radical (unpaired) electrons. The molecule has 2 aliphatic rings. The van der Waals surface area contributed by atoms with Crippen LogP contribution in [0, 0.1) is 22.2 Å². The van der Waals surface area contributed by atoms with Gasteiger partial charge in [0.2, 0.25) is 0 Å². The van der Waals surface area contributed by atoms with Gasteiger partial charge in [-0.1, -0.05) is 27.7 Å². The van der Waals surface area contributed by atoms with Gasteiger partial charge in [0.1, 0.15) is 0 Å². The number of rotatable bonds is 1. The van der Waals surface area contributed by atoms with E-state index in [2.05, 4.69) is 27.7 Å². The first-order valence-corrected chi connectivity index (χ1v) is 5.89. The van der Waals surface area contributed by atoms with Crippen molar-refractivity contribution < 1.29 is 9.90 Å². The van der Waals surface area contributed by atoms with Crippen LogP contribution in [0.25, 0.3) is 0 Å². The van der Waals surface area contributed by atoms with Crippen LogP contribution in [-0.2, 0) is 4.79 Å². The van der Waals surface area contributed by atoms with Gasteiger partial charge in [-0.3, -0.25) is 4.79 Å². The first-order chi connectivity index (χ1) is 6.66. The SMILES string of the molecule is CC1(C)CC(C)(C)CC2(CC2C(=O)O)C1. The summed E-state index contributed by atoms with van der Waals surface area (Å²) in [6.45, 7) is 9.14. The molecule has 1 unspecified atom stereocenters. The van der Waals surface area contributed by atoms with Crippen molar-refractivity contribution >= 4 is 5.97 Å². The van der Waals surface area contributed by atoms with E-state index in [9.17, 15) is 4.79 Å². The minimum atomic E-state index is -0.580. The molecule has 1 atom stereocenters. The largest absolute Gasteiger partial charge is 0.481 e. The fourth-order valence-electron chi connectivity index (χ4n) is 4.48. The minimum absolute atomic E-state index is 0.0589. The summed E-state index contributed by atoms with van der Waals surface area (Å²) >= 11 is 0. The summed E-state index contributed by atoms with van der Waals surface area (Å²) in [5.41, 5.74) is 0.759. The van der Waals surface area contributed by atoms with Crippen LogP contribution in [0.2, 0.25) is 0 Å². The summed E-state index contributed by atoms with van der Waals surface area (Å²) < 4.78 is 0. The first-order valence-electron chi connectivity index (χ1n) is 5.89. The Kier molecular flexibility index (Phi) is 2.03. The highest BCUT2D eigenvalue weighted by Crippen LogP contribution is 2.68. The molecule has 2 heteroatoms. The lowest BCUT2D eigenvalue weighted by atomic mass is 9.59. The maximum Gasteiger partial charge on any atom is 0.307 e. The van der Waals surface area contributed by atoms with Crippen molar-refractivity contribution in [1.29, 1.82) is 0 Å². The second-order valence-corrected chi connectivity index (χ2v) is 7.32. The Morgan fingerprint density at radius 2 is 1.53 bits per heavy atom. The van der Waals surface area contributed by atoms with Gasteiger partial charge in [-0.2, -0.15) is 0 Å². The van der Waals surface area contributed by atoms with E-state index in [0.717, 1.165) is 19.3 Å². The number of hydrogen-bond donors (Lipinski definition) is 1. The lowest BCUT2D eigenvalue weighted by Gasteiger charge is -2.46. The smallest absolute Gasteiger partial charge is 0.307 e. The topological polar surface area (TPSA) is 37.3 Å². The molecule has 0 aliphatic heterocycles. The van der Waals surface area contributed by atoms with E-state index in [1.807, 2.05) is 0 Å². The second-order valence-electron chi connectivity index (χ2n) is 7.32.